The van der Waals surface area contributed by atoms with Gasteiger partial charge in [0.25, 0.3) is 0 Å². The number of nitrogens with zero attached hydrogens (tertiary/aromatic N) is 4. The molecule has 172 valence electrons. The number of hydrogen-bond acceptors (Lipinski definition) is 4. The lowest BCUT2D eigenvalue weighted by atomic mass is 9.94. The smallest absolute Gasteiger partial charge is 0.141 e. The van der Waals surface area contributed by atoms with Gasteiger partial charge in [0.05, 0.1) is 23.0 Å². The number of nitriles is 1. The van der Waals surface area contributed by atoms with Crippen LogP contribution in [0.15, 0.2) is 48.7 Å². The van der Waals surface area contributed by atoms with Gasteiger partial charge in [-0.15, -0.1) is 0 Å². The highest BCUT2D eigenvalue weighted by Gasteiger charge is 2.23. The first kappa shape index (κ1) is 22.2. The quantitative estimate of drug-likeness (QED) is 0.473. The molecule has 4 aromatic rings. The number of hydrogen-bond donors (Lipinski definition) is 1. The second-order valence-electron chi connectivity index (χ2n) is 9.05. The van der Waals surface area contributed by atoms with Gasteiger partial charge in [-0.05, 0) is 54.8 Å². The van der Waals surface area contributed by atoms with Crippen LogP contribution in [0.4, 0.5) is 8.78 Å². The van der Waals surface area contributed by atoms with E-state index in [-0.39, 0.29) is 17.4 Å². The standard InChI is InChI=1S/C27H25F2N5/c1-16-3-6-21(24(29)9-16)27-26(17-4-5-18(12-30)23(28)10-17)22-11-20(33(2)25(22)13-32-27)15-34-8-7-19(31)14-34/h3-6,9-11,13,19H,7-8,14-15,31H2,1-2H3/t19-/m0/s1. The Bertz CT molecular complexity index is 1450. The van der Waals surface area contributed by atoms with Crippen molar-refractivity contribution in [3.05, 3.63) is 77.1 Å². The number of halogens is 2. The van der Waals surface area contributed by atoms with Crippen LogP contribution in [0.2, 0.25) is 0 Å². The number of likely N-dealkylation sites (tertiary alicyclic amines) is 1. The van der Waals surface area contributed by atoms with Crippen molar-refractivity contribution in [2.24, 2.45) is 12.8 Å². The Morgan fingerprint density at radius 1 is 1.15 bits per heavy atom. The fourth-order valence-corrected chi connectivity index (χ4v) is 4.80. The lowest BCUT2D eigenvalue weighted by Crippen LogP contribution is -2.26. The average Bonchev–Trinajstić information content (AvgIpc) is 3.36. The van der Waals surface area contributed by atoms with Crippen LogP contribution in [-0.4, -0.2) is 33.6 Å². The van der Waals surface area contributed by atoms with Gasteiger partial charge in [-0.3, -0.25) is 9.88 Å². The van der Waals surface area contributed by atoms with E-state index in [9.17, 15) is 9.65 Å². The van der Waals surface area contributed by atoms with Crippen LogP contribution >= 0.6 is 0 Å². The highest BCUT2D eigenvalue weighted by molar-refractivity contribution is 6.02. The molecule has 0 radical (unpaired) electrons. The fourth-order valence-electron chi connectivity index (χ4n) is 4.80. The van der Waals surface area contributed by atoms with Crippen molar-refractivity contribution >= 4 is 10.9 Å². The minimum absolute atomic E-state index is 0.0360. The molecular formula is C27H25F2N5. The Hall–Kier alpha value is -3.60. The third kappa shape index (κ3) is 3.85. The number of pyridine rings is 1. The molecule has 2 aromatic heterocycles. The van der Waals surface area contributed by atoms with E-state index in [4.69, 9.17) is 5.73 Å². The summed E-state index contributed by atoms with van der Waals surface area (Å²) in [5.41, 5.74) is 10.8. The van der Waals surface area contributed by atoms with Crippen molar-refractivity contribution in [1.29, 1.82) is 5.26 Å². The molecule has 0 amide bonds. The lowest BCUT2D eigenvalue weighted by molar-refractivity contribution is 0.319. The van der Waals surface area contributed by atoms with Gasteiger partial charge in [0.15, 0.2) is 0 Å². The van der Waals surface area contributed by atoms with Crippen LogP contribution in [0.25, 0.3) is 33.3 Å². The molecule has 1 atom stereocenters. The Morgan fingerprint density at radius 3 is 2.65 bits per heavy atom. The van der Waals surface area contributed by atoms with E-state index < -0.39 is 5.82 Å². The average molecular weight is 458 g/mol. The predicted octanol–water partition coefficient (Wildman–Crippen LogP) is 4.90. The van der Waals surface area contributed by atoms with Crippen LogP contribution in [0.5, 0.6) is 0 Å². The first-order valence-corrected chi connectivity index (χ1v) is 11.3. The molecule has 7 heteroatoms. The van der Waals surface area contributed by atoms with E-state index in [2.05, 4.69) is 20.5 Å². The molecule has 1 aliphatic heterocycles. The van der Waals surface area contributed by atoms with E-state index in [1.807, 2.05) is 26.1 Å². The maximum Gasteiger partial charge on any atom is 0.141 e. The Balaban J connectivity index is 1.74. The van der Waals surface area contributed by atoms with Crippen molar-refractivity contribution in [3.63, 3.8) is 0 Å². The topological polar surface area (TPSA) is 70.9 Å². The normalized spacial score (nSPS) is 16.3. The molecule has 1 fully saturated rings. The van der Waals surface area contributed by atoms with Crippen molar-refractivity contribution in [2.45, 2.75) is 25.9 Å². The van der Waals surface area contributed by atoms with Crippen LogP contribution in [0.3, 0.4) is 0 Å². The molecule has 0 bridgehead atoms. The van der Waals surface area contributed by atoms with E-state index in [1.54, 1.807) is 18.3 Å². The predicted molar refractivity (Wildman–Crippen MR) is 129 cm³/mol. The number of benzene rings is 2. The molecule has 5 rings (SSSR count). The molecule has 0 saturated carbocycles. The summed E-state index contributed by atoms with van der Waals surface area (Å²) < 4.78 is 31.8. The summed E-state index contributed by atoms with van der Waals surface area (Å²) in [7, 11) is 1.98. The van der Waals surface area contributed by atoms with Gasteiger partial charge in [-0.1, -0.05) is 12.1 Å². The summed E-state index contributed by atoms with van der Waals surface area (Å²) in [6.45, 7) is 4.34. The summed E-state index contributed by atoms with van der Waals surface area (Å²) in [6.07, 6.45) is 2.71. The van der Waals surface area contributed by atoms with Crippen LogP contribution in [0, 0.1) is 29.9 Å². The maximum absolute atomic E-state index is 15.0. The number of fused-ring (bicyclic) bond motifs is 1. The third-order valence-corrected chi connectivity index (χ3v) is 6.65. The monoisotopic (exact) mass is 457 g/mol. The molecule has 2 aromatic carbocycles. The highest BCUT2D eigenvalue weighted by atomic mass is 19.1. The number of nitrogens with two attached hydrogens (primary N) is 1. The van der Waals surface area contributed by atoms with Crippen LogP contribution in [-0.2, 0) is 13.6 Å². The summed E-state index contributed by atoms with van der Waals surface area (Å²) >= 11 is 0. The Morgan fingerprint density at radius 2 is 1.97 bits per heavy atom. The van der Waals surface area contributed by atoms with E-state index >= 15 is 4.39 Å². The summed E-state index contributed by atoms with van der Waals surface area (Å²) in [6, 6.07) is 13.6. The van der Waals surface area contributed by atoms with E-state index in [1.165, 1.54) is 18.2 Å². The lowest BCUT2D eigenvalue weighted by Gasteiger charge is -2.15. The molecular weight excluding hydrogens is 432 g/mol. The minimum atomic E-state index is -0.616. The van der Waals surface area contributed by atoms with Crippen molar-refractivity contribution < 1.29 is 8.78 Å². The van der Waals surface area contributed by atoms with Crippen LogP contribution in [0.1, 0.15) is 23.2 Å². The maximum atomic E-state index is 15.0. The van der Waals surface area contributed by atoms with Gasteiger partial charge in [0.1, 0.15) is 17.7 Å². The number of aryl methyl sites for hydroxylation is 2. The van der Waals surface area contributed by atoms with Crippen LogP contribution < -0.4 is 5.73 Å². The molecule has 0 aliphatic carbocycles. The van der Waals surface area contributed by atoms with Gasteiger partial charge in [0, 0.05) is 54.9 Å². The summed E-state index contributed by atoms with van der Waals surface area (Å²) in [4.78, 5) is 6.97. The first-order chi connectivity index (χ1) is 16.4. The second-order valence-corrected chi connectivity index (χ2v) is 9.05. The molecule has 5 nitrogen and oxygen atoms in total. The van der Waals surface area contributed by atoms with Crippen molar-refractivity contribution in [1.82, 2.24) is 14.5 Å². The van der Waals surface area contributed by atoms with Gasteiger partial charge in [-0.25, -0.2) is 8.78 Å². The number of rotatable bonds is 4. The zero-order valence-electron chi connectivity index (χ0n) is 19.1. The van der Waals surface area contributed by atoms with E-state index in [0.717, 1.165) is 48.2 Å². The summed E-state index contributed by atoms with van der Waals surface area (Å²) in [5, 5.41) is 10.0. The largest absolute Gasteiger partial charge is 0.345 e. The second kappa shape index (κ2) is 8.64. The molecule has 34 heavy (non-hydrogen) atoms. The molecule has 3 heterocycles. The van der Waals surface area contributed by atoms with Gasteiger partial charge in [-0.2, -0.15) is 5.26 Å². The molecule has 0 unspecified atom stereocenters. The summed E-state index contributed by atoms with van der Waals surface area (Å²) in [5.74, 6) is -1.00. The Labute approximate surface area is 197 Å². The van der Waals surface area contributed by atoms with Crippen molar-refractivity contribution in [2.75, 3.05) is 13.1 Å². The first-order valence-electron chi connectivity index (χ1n) is 11.3. The fraction of sp³-hybridized carbons (Fsp3) is 0.259. The zero-order chi connectivity index (χ0) is 24.0. The zero-order valence-corrected chi connectivity index (χ0v) is 19.1. The molecule has 1 saturated heterocycles. The third-order valence-electron chi connectivity index (χ3n) is 6.65. The minimum Gasteiger partial charge on any atom is -0.345 e. The molecule has 2 N–H and O–H groups in total. The van der Waals surface area contributed by atoms with Gasteiger partial charge >= 0.3 is 0 Å². The number of aromatic nitrogens is 2. The molecule has 0 spiro atoms. The highest BCUT2D eigenvalue weighted by Crippen LogP contribution is 2.39. The Kier molecular flexibility index (Phi) is 5.64. The van der Waals surface area contributed by atoms with Gasteiger partial charge in [0.2, 0.25) is 0 Å². The molecule has 1 aliphatic rings. The van der Waals surface area contributed by atoms with Crippen molar-refractivity contribution in [3.8, 4) is 28.5 Å². The SMILES string of the molecule is Cc1ccc(-c2ncc3c(cc(CN4CC[C@H](N)C4)n3C)c2-c2ccc(C#N)c(F)c2)c(F)c1. The van der Waals surface area contributed by atoms with Gasteiger partial charge < -0.3 is 10.3 Å². The van der Waals surface area contributed by atoms with E-state index in [0.29, 0.717) is 22.4 Å².